The number of hydrogen-bond acceptors (Lipinski definition) is 6. The molecule has 32 heavy (non-hydrogen) atoms. The van der Waals surface area contributed by atoms with Crippen molar-refractivity contribution in [3.8, 4) is 22.6 Å². The van der Waals surface area contributed by atoms with Crippen molar-refractivity contribution in [2.45, 2.75) is 13.3 Å². The molecule has 0 aliphatic carbocycles. The molecule has 0 aliphatic heterocycles. The first kappa shape index (κ1) is 19.7. The van der Waals surface area contributed by atoms with Crippen molar-refractivity contribution < 1.29 is 0 Å². The van der Waals surface area contributed by atoms with Crippen molar-refractivity contribution in [1.82, 2.24) is 29.5 Å². The summed E-state index contributed by atoms with van der Waals surface area (Å²) in [5.74, 6) is 0.818. The highest BCUT2D eigenvalue weighted by Crippen LogP contribution is 2.32. The summed E-state index contributed by atoms with van der Waals surface area (Å²) in [5.41, 5.74) is 14.4. The molecule has 8 heteroatoms. The Morgan fingerprint density at radius 1 is 1.03 bits per heavy atom. The third-order valence-electron chi connectivity index (χ3n) is 5.46. The van der Waals surface area contributed by atoms with Gasteiger partial charge in [-0.3, -0.25) is 4.98 Å². The molecule has 5 aromatic rings. The van der Waals surface area contributed by atoms with Gasteiger partial charge in [0, 0.05) is 54.9 Å². The maximum Gasteiger partial charge on any atom is 0.155 e. The molecule has 5 rings (SSSR count). The van der Waals surface area contributed by atoms with Crippen molar-refractivity contribution in [2.75, 3.05) is 24.7 Å². The van der Waals surface area contributed by atoms with Crippen LogP contribution in [0, 0.1) is 6.92 Å². The van der Waals surface area contributed by atoms with E-state index in [0.29, 0.717) is 6.42 Å². The second-order valence-corrected chi connectivity index (χ2v) is 7.97. The summed E-state index contributed by atoms with van der Waals surface area (Å²) in [5, 5.41) is 4.27. The minimum absolute atomic E-state index is 0.574. The Morgan fingerprint density at radius 2 is 1.88 bits per heavy atom. The summed E-state index contributed by atoms with van der Waals surface area (Å²) < 4.78 is 1.75. The van der Waals surface area contributed by atoms with E-state index in [0.717, 1.165) is 56.7 Å². The van der Waals surface area contributed by atoms with Crippen molar-refractivity contribution >= 4 is 17.0 Å². The van der Waals surface area contributed by atoms with Crippen LogP contribution in [0.3, 0.4) is 0 Å². The quantitative estimate of drug-likeness (QED) is 0.417. The Kier molecular flexibility index (Phi) is 4.82. The van der Waals surface area contributed by atoms with E-state index in [-0.39, 0.29) is 0 Å². The van der Waals surface area contributed by atoms with E-state index in [9.17, 15) is 0 Å². The lowest BCUT2D eigenvalue weighted by molar-refractivity contribution is 0.961. The average molecular weight is 425 g/mol. The molecular weight excluding hydrogens is 400 g/mol. The van der Waals surface area contributed by atoms with Gasteiger partial charge in [0.25, 0.3) is 0 Å². The van der Waals surface area contributed by atoms with E-state index in [4.69, 9.17) is 15.7 Å². The molecule has 8 nitrogen and oxygen atoms in total. The lowest BCUT2D eigenvalue weighted by Crippen LogP contribution is -2.13. The summed E-state index contributed by atoms with van der Waals surface area (Å²) >= 11 is 0. The first-order valence-electron chi connectivity index (χ1n) is 10.4. The predicted octanol–water partition coefficient (Wildman–Crippen LogP) is 3.73. The first-order chi connectivity index (χ1) is 15.5. The van der Waals surface area contributed by atoms with Crippen LogP contribution in [-0.4, -0.2) is 43.6 Å². The molecule has 0 bridgehead atoms. The summed E-state index contributed by atoms with van der Waals surface area (Å²) in [6.07, 6.45) is 4.05. The van der Waals surface area contributed by atoms with Gasteiger partial charge in [-0.1, -0.05) is 12.1 Å². The molecule has 0 atom stereocenters. The van der Waals surface area contributed by atoms with Gasteiger partial charge in [-0.15, -0.1) is 0 Å². The van der Waals surface area contributed by atoms with Gasteiger partial charge in [0.2, 0.25) is 0 Å². The van der Waals surface area contributed by atoms with E-state index < -0.39 is 0 Å². The molecule has 0 aliphatic rings. The van der Waals surface area contributed by atoms with Gasteiger partial charge in [-0.25, -0.2) is 14.5 Å². The van der Waals surface area contributed by atoms with Gasteiger partial charge in [-0.05, 0) is 43.3 Å². The Hall–Kier alpha value is -4.20. The van der Waals surface area contributed by atoms with Crippen molar-refractivity contribution in [2.24, 2.45) is 0 Å². The van der Waals surface area contributed by atoms with Crippen LogP contribution in [0.4, 0.5) is 11.4 Å². The van der Waals surface area contributed by atoms with Gasteiger partial charge < -0.3 is 15.6 Å². The highest BCUT2D eigenvalue weighted by atomic mass is 15.3. The zero-order chi connectivity index (χ0) is 22.2. The van der Waals surface area contributed by atoms with Crippen LogP contribution in [-0.2, 0) is 6.42 Å². The van der Waals surface area contributed by atoms with Crippen LogP contribution < -0.4 is 10.6 Å². The molecule has 160 valence electrons. The van der Waals surface area contributed by atoms with E-state index in [1.165, 1.54) is 0 Å². The molecule has 3 N–H and O–H groups in total. The third kappa shape index (κ3) is 3.56. The molecular formula is C24H24N8. The fraction of sp³-hybridized carbons (Fsp3) is 0.167. The summed E-state index contributed by atoms with van der Waals surface area (Å²) in [6, 6.07) is 15.9. The van der Waals surface area contributed by atoms with Crippen LogP contribution in [0.2, 0.25) is 0 Å². The van der Waals surface area contributed by atoms with Crippen molar-refractivity contribution in [1.29, 1.82) is 0 Å². The van der Waals surface area contributed by atoms with E-state index >= 15 is 0 Å². The smallest absolute Gasteiger partial charge is 0.155 e. The second-order valence-electron chi connectivity index (χ2n) is 7.97. The van der Waals surface area contributed by atoms with Crippen molar-refractivity contribution in [3.05, 3.63) is 78.1 Å². The summed E-state index contributed by atoms with van der Waals surface area (Å²) in [4.78, 5) is 19.5. The minimum atomic E-state index is 0.574. The number of fused-ring (bicyclic) bond motifs is 1. The molecule has 0 radical (unpaired) electrons. The Morgan fingerprint density at radius 3 is 2.69 bits per heavy atom. The molecule has 0 fully saturated rings. The van der Waals surface area contributed by atoms with Crippen LogP contribution in [0.5, 0.6) is 0 Å². The number of anilines is 2. The van der Waals surface area contributed by atoms with Crippen LogP contribution in [0.25, 0.3) is 28.3 Å². The first-order valence-corrected chi connectivity index (χ1v) is 10.4. The average Bonchev–Trinajstić information content (AvgIpc) is 3.41. The van der Waals surface area contributed by atoms with Gasteiger partial charge >= 0.3 is 0 Å². The number of aryl methyl sites for hydroxylation is 1. The van der Waals surface area contributed by atoms with Crippen LogP contribution >= 0.6 is 0 Å². The number of aromatic nitrogens is 6. The standard InChI is InChI=1S/C24H24N8/c1-15-6-4-8-19(28-15)24-23(16-10-11-22-26-14-27-32(22)13-16)29-21(30-24)12-17-18(25)7-5-9-20(17)31(2)3/h4-11,13-14H,12,25H2,1-3H3,(H,29,30). The molecule has 0 amide bonds. The number of nitrogens with two attached hydrogens (primary N) is 1. The van der Waals surface area contributed by atoms with Gasteiger partial charge in [0.1, 0.15) is 12.2 Å². The topological polar surface area (TPSA) is 101 Å². The maximum absolute atomic E-state index is 6.35. The maximum atomic E-state index is 6.35. The molecule has 0 saturated carbocycles. The van der Waals surface area contributed by atoms with E-state index in [1.54, 1.807) is 10.8 Å². The SMILES string of the molecule is Cc1cccc(-c2[nH]c(Cc3c(N)cccc3N(C)C)nc2-c2ccc3ncnn3c2)n1. The van der Waals surface area contributed by atoms with Crippen molar-refractivity contribution in [3.63, 3.8) is 0 Å². The molecule has 0 unspecified atom stereocenters. The fourth-order valence-corrected chi connectivity index (χ4v) is 3.91. The third-order valence-corrected chi connectivity index (χ3v) is 5.46. The molecule has 0 spiro atoms. The summed E-state index contributed by atoms with van der Waals surface area (Å²) in [6.45, 7) is 1.98. The van der Waals surface area contributed by atoms with Gasteiger partial charge in [0.05, 0.1) is 17.1 Å². The predicted molar refractivity (Wildman–Crippen MR) is 127 cm³/mol. The second kappa shape index (κ2) is 7.81. The molecule has 0 saturated heterocycles. The van der Waals surface area contributed by atoms with E-state index in [1.807, 2.05) is 69.7 Å². The number of rotatable bonds is 5. The fourth-order valence-electron chi connectivity index (χ4n) is 3.91. The summed E-state index contributed by atoms with van der Waals surface area (Å²) in [7, 11) is 4.03. The van der Waals surface area contributed by atoms with Gasteiger partial charge in [0.15, 0.2) is 5.65 Å². The zero-order valence-electron chi connectivity index (χ0n) is 18.2. The Bertz CT molecular complexity index is 1410. The van der Waals surface area contributed by atoms with Crippen LogP contribution in [0.15, 0.2) is 61.1 Å². The number of nitrogens with zero attached hydrogens (tertiary/aromatic N) is 6. The molecule has 4 aromatic heterocycles. The zero-order valence-corrected chi connectivity index (χ0v) is 18.2. The number of hydrogen-bond donors (Lipinski definition) is 2. The lowest BCUT2D eigenvalue weighted by Gasteiger charge is -2.18. The number of pyridine rings is 2. The van der Waals surface area contributed by atoms with Gasteiger partial charge in [-0.2, -0.15) is 5.10 Å². The van der Waals surface area contributed by atoms with Crippen LogP contribution in [0.1, 0.15) is 17.1 Å². The minimum Gasteiger partial charge on any atom is -0.398 e. The Balaban J connectivity index is 1.65. The normalized spacial score (nSPS) is 11.2. The Labute approximate surface area is 185 Å². The number of H-pyrrole nitrogens is 1. The number of nitrogen functional groups attached to an aromatic ring is 1. The number of nitrogens with one attached hydrogen (secondary N) is 1. The molecule has 1 aromatic carbocycles. The van der Waals surface area contributed by atoms with E-state index in [2.05, 4.69) is 26.0 Å². The highest BCUT2D eigenvalue weighted by molar-refractivity contribution is 5.77. The highest BCUT2D eigenvalue weighted by Gasteiger charge is 2.18. The number of benzene rings is 1. The lowest BCUT2D eigenvalue weighted by atomic mass is 10.1. The largest absolute Gasteiger partial charge is 0.398 e. The monoisotopic (exact) mass is 424 g/mol. The molecule has 4 heterocycles. The number of imidazole rings is 1. The number of aromatic amines is 1.